The molecule has 1 aliphatic rings. The van der Waals surface area contributed by atoms with Gasteiger partial charge in [0.2, 0.25) is 11.8 Å². The molecule has 1 fully saturated rings. The Balaban J connectivity index is 1.44. The van der Waals surface area contributed by atoms with Gasteiger partial charge in [-0.3, -0.25) is 4.90 Å². The lowest BCUT2D eigenvalue weighted by molar-refractivity contribution is 0.0985. The van der Waals surface area contributed by atoms with E-state index in [1.807, 2.05) is 6.92 Å². The molecule has 2 aromatic heterocycles. The van der Waals surface area contributed by atoms with Crippen molar-refractivity contribution >= 4 is 0 Å². The van der Waals surface area contributed by atoms with E-state index in [1.54, 1.807) is 12.1 Å². The number of aryl methyl sites for hydroxylation is 1. The first-order valence-electron chi connectivity index (χ1n) is 8.77. The van der Waals surface area contributed by atoms with Gasteiger partial charge in [0, 0.05) is 6.42 Å². The van der Waals surface area contributed by atoms with Gasteiger partial charge in [-0.05, 0) is 44.0 Å². The number of rotatable bonds is 5. The monoisotopic (exact) mass is 357 g/mol. The lowest BCUT2D eigenvalue weighted by atomic mass is 10.0. The number of hydrogen-bond donors (Lipinski definition) is 0. The van der Waals surface area contributed by atoms with Gasteiger partial charge in [0.05, 0.1) is 12.6 Å². The Morgan fingerprint density at radius 2 is 1.96 bits per heavy atom. The standard InChI is InChI=1S/C18H20FN5O2/c1-12-20-18(26-22-12)15-4-2-3-9-24(15)11-17-21-16(23-25-17)10-13-5-7-14(19)8-6-13/h5-8,15H,2-4,9-11H2,1H3/t15-/m1/s1. The van der Waals surface area contributed by atoms with Crippen molar-refractivity contribution in [3.05, 3.63) is 59.1 Å². The van der Waals surface area contributed by atoms with E-state index in [9.17, 15) is 4.39 Å². The number of nitrogens with zero attached hydrogens (tertiary/aromatic N) is 5. The highest BCUT2D eigenvalue weighted by atomic mass is 19.1. The number of likely N-dealkylation sites (tertiary alicyclic amines) is 1. The van der Waals surface area contributed by atoms with Crippen LogP contribution in [-0.4, -0.2) is 31.7 Å². The minimum absolute atomic E-state index is 0.0809. The molecule has 0 bridgehead atoms. The van der Waals surface area contributed by atoms with Crippen molar-refractivity contribution in [1.82, 2.24) is 25.2 Å². The second-order valence-corrected chi connectivity index (χ2v) is 6.57. The molecule has 0 spiro atoms. The maximum Gasteiger partial charge on any atom is 0.243 e. The Morgan fingerprint density at radius 3 is 2.73 bits per heavy atom. The van der Waals surface area contributed by atoms with Crippen LogP contribution >= 0.6 is 0 Å². The summed E-state index contributed by atoms with van der Waals surface area (Å²) in [5.41, 5.74) is 0.941. The predicted molar refractivity (Wildman–Crippen MR) is 89.5 cm³/mol. The molecule has 8 heteroatoms. The van der Waals surface area contributed by atoms with Crippen molar-refractivity contribution in [2.75, 3.05) is 6.54 Å². The number of halogens is 1. The fraction of sp³-hybridized carbons (Fsp3) is 0.444. The zero-order chi connectivity index (χ0) is 17.9. The van der Waals surface area contributed by atoms with Crippen LogP contribution in [0.2, 0.25) is 0 Å². The zero-order valence-electron chi connectivity index (χ0n) is 14.6. The van der Waals surface area contributed by atoms with Crippen LogP contribution < -0.4 is 0 Å². The number of benzene rings is 1. The average molecular weight is 357 g/mol. The quantitative estimate of drug-likeness (QED) is 0.693. The molecule has 0 aliphatic carbocycles. The minimum atomic E-state index is -0.255. The van der Waals surface area contributed by atoms with Crippen LogP contribution in [0.3, 0.4) is 0 Å². The maximum atomic E-state index is 13.0. The molecule has 4 rings (SSSR count). The third kappa shape index (κ3) is 3.80. The first-order valence-corrected chi connectivity index (χ1v) is 8.77. The van der Waals surface area contributed by atoms with Crippen molar-refractivity contribution in [2.24, 2.45) is 0 Å². The summed E-state index contributed by atoms with van der Waals surface area (Å²) in [6, 6.07) is 6.40. The minimum Gasteiger partial charge on any atom is -0.338 e. The van der Waals surface area contributed by atoms with E-state index in [0.717, 1.165) is 31.4 Å². The third-order valence-corrected chi connectivity index (χ3v) is 4.57. The molecule has 0 radical (unpaired) electrons. The average Bonchev–Trinajstić information content (AvgIpc) is 3.26. The van der Waals surface area contributed by atoms with Crippen molar-refractivity contribution < 1.29 is 13.4 Å². The van der Waals surface area contributed by atoms with Gasteiger partial charge in [0.1, 0.15) is 5.82 Å². The number of piperidine rings is 1. The van der Waals surface area contributed by atoms with E-state index < -0.39 is 0 Å². The molecule has 1 aliphatic heterocycles. The highest BCUT2D eigenvalue weighted by Gasteiger charge is 2.29. The van der Waals surface area contributed by atoms with E-state index >= 15 is 0 Å². The van der Waals surface area contributed by atoms with Crippen molar-refractivity contribution in [2.45, 2.75) is 45.2 Å². The van der Waals surface area contributed by atoms with Gasteiger partial charge in [0.15, 0.2) is 11.6 Å². The summed E-state index contributed by atoms with van der Waals surface area (Å²) < 4.78 is 23.8. The first-order chi connectivity index (χ1) is 12.7. The first kappa shape index (κ1) is 16.8. The molecule has 3 heterocycles. The Hall–Kier alpha value is -2.61. The van der Waals surface area contributed by atoms with Crippen molar-refractivity contribution in [3.8, 4) is 0 Å². The molecular formula is C18H20FN5O2. The van der Waals surface area contributed by atoms with Crippen molar-refractivity contribution in [1.29, 1.82) is 0 Å². The topological polar surface area (TPSA) is 81.1 Å². The van der Waals surface area contributed by atoms with Gasteiger partial charge in [-0.2, -0.15) is 9.97 Å². The maximum absolute atomic E-state index is 13.0. The van der Waals surface area contributed by atoms with Gasteiger partial charge in [-0.1, -0.05) is 28.9 Å². The van der Waals surface area contributed by atoms with Crippen LogP contribution in [0.1, 0.15) is 54.3 Å². The molecule has 7 nitrogen and oxygen atoms in total. The second kappa shape index (κ2) is 7.33. The molecule has 0 unspecified atom stereocenters. The summed E-state index contributed by atoms with van der Waals surface area (Å²) in [5, 5.41) is 7.94. The summed E-state index contributed by atoms with van der Waals surface area (Å²) in [6.45, 7) is 3.28. The van der Waals surface area contributed by atoms with Crippen LogP contribution in [0.4, 0.5) is 4.39 Å². The highest BCUT2D eigenvalue weighted by Crippen LogP contribution is 2.31. The SMILES string of the molecule is Cc1noc([C@H]2CCCCN2Cc2nc(Cc3ccc(F)cc3)no2)n1. The number of hydrogen-bond acceptors (Lipinski definition) is 7. The summed E-state index contributed by atoms with van der Waals surface area (Å²) >= 11 is 0. The molecule has 3 aromatic rings. The van der Waals surface area contributed by atoms with E-state index in [4.69, 9.17) is 9.05 Å². The molecule has 26 heavy (non-hydrogen) atoms. The molecule has 1 atom stereocenters. The van der Waals surface area contributed by atoms with Crippen molar-refractivity contribution in [3.63, 3.8) is 0 Å². The van der Waals surface area contributed by atoms with Gasteiger partial charge in [-0.25, -0.2) is 4.39 Å². The van der Waals surface area contributed by atoms with E-state index in [1.165, 1.54) is 12.1 Å². The van der Waals surface area contributed by atoms with Gasteiger partial charge in [0.25, 0.3) is 0 Å². The molecule has 0 N–H and O–H groups in total. The van der Waals surface area contributed by atoms with E-state index in [2.05, 4.69) is 25.2 Å². The largest absolute Gasteiger partial charge is 0.338 e. The lowest BCUT2D eigenvalue weighted by Crippen LogP contribution is -2.33. The van der Waals surface area contributed by atoms with Crippen LogP contribution in [0.25, 0.3) is 0 Å². The van der Waals surface area contributed by atoms with E-state index in [-0.39, 0.29) is 11.9 Å². The summed E-state index contributed by atoms with van der Waals surface area (Å²) in [5.74, 6) is 2.19. The molecule has 0 saturated carbocycles. The molecule has 1 saturated heterocycles. The van der Waals surface area contributed by atoms with Crippen LogP contribution in [0, 0.1) is 12.7 Å². The van der Waals surface area contributed by atoms with Gasteiger partial charge >= 0.3 is 0 Å². The Bertz CT molecular complexity index is 861. The summed E-state index contributed by atoms with van der Waals surface area (Å²) in [6.07, 6.45) is 3.72. The van der Waals surface area contributed by atoms with Crippen LogP contribution in [0.5, 0.6) is 0 Å². The van der Waals surface area contributed by atoms with Gasteiger partial charge in [-0.15, -0.1) is 0 Å². The van der Waals surface area contributed by atoms with Crippen LogP contribution in [0.15, 0.2) is 33.3 Å². The molecular weight excluding hydrogens is 337 g/mol. The smallest absolute Gasteiger partial charge is 0.243 e. The Morgan fingerprint density at radius 1 is 1.12 bits per heavy atom. The Labute approximate surface area is 150 Å². The third-order valence-electron chi connectivity index (χ3n) is 4.57. The summed E-state index contributed by atoms with van der Waals surface area (Å²) in [4.78, 5) is 11.1. The highest BCUT2D eigenvalue weighted by molar-refractivity contribution is 5.19. The normalized spacial score (nSPS) is 18.3. The zero-order valence-corrected chi connectivity index (χ0v) is 14.6. The number of aromatic nitrogens is 4. The lowest BCUT2D eigenvalue weighted by Gasteiger charge is -2.31. The molecule has 136 valence electrons. The van der Waals surface area contributed by atoms with E-state index in [0.29, 0.717) is 36.4 Å². The van der Waals surface area contributed by atoms with Gasteiger partial charge < -0.3 is 9.05 Å². The molecule has 0 amide bonds. The fourth-order valence-corrected chi connectivity index (χ4v) is 3.29. The Kier molecular flexibility index (Phi) is 4.75. The second-order valence-electron chi connectivity index (χ2n) is 6.57. The van der Waals surface area contributed by atoms with Crippen LogP contribution in [-0.2, 0) is 13.0 Å². The summed E-state index contributed by atoms with van der Waals surface area (Å²) in [7, 11) is 0. The predicted octanol–water partition coefficient (Wildman–Crippen LogP) is 3.22. The fourth-order valence-electron chi connectivity index (χ4n) is 3.29. The molecule has 1 aromatic carbocycles.